The summed E-state index contributed by atoms with van der Waals surface area (Å²) in [6.07, 6.45) is 4.22. The summed E-state index contributed by atoms with van der Waals surface area (Å²) >= 11 is 0. The molecule has 0 spiro atoms. The summed E-state index contributed by atoms with van der Waals surface area (Å²) in [5.74, 6) is -0.686. The third-order valence-corrected chi connectivity index (χ3v) is 4.66. The monoisotopic (exact) mass is 360 g/mol. The van der Waals surface area contributed by atoms with Crippen molar-refractivity contribution in [2.75, 3.05) is 0 Å². The number of benzene rings is 1. The summed E-state index contributed by atoms with van der Waals surface area (Å²) in [5, 5.41) is 8.43. The molecule has 0 aliphatic carbocycles. The highest BCUT2D eigenvalue weighted by Crippen LogP contribution is 2.12. The van der Waals surface area contributed by atoms with E-state index in [9.17, 15) is 14.4 Å². The van der Waals surface area contributed by atoms with Gasteiger partial charge >= 0.3 is 6.03 Å². The fraction of sp³-hybridized carbons (Fsp3) is 0.526. The normalized spacial score (nSPS) is 20.1. The van der Waals surface area contributed by atoms with Gasteiger partial charge in [-0.2, -0.15) is 0 Å². The SMILES string of the molecule is C[C@@H]1NC(=O)N[C@@H]1CCCCCC(=O)N[C@@H](Cc1ccccc1)C(N)=O. The van der Waals surface area contributed by atoms with Gasteiger partial charge in [0, 0.05) is 18.9 Å². The zero-order valence-electron chi connectivity index (χ0n) is 15.2. The fourth-order valence-electron chi connectivity index (χ4n) is 3.13. The molecule has 142 valence electrons. The molecule has 1 heterocycles. The maximum absolute atomic E-state index is 12.1. The van der Waals surface area contributed by atoms with Crippen LogP contribution in [0.4, 0.5) is 4.79 Å². The minimum atomic E-state index is -0.689. The van der Waals surface area contributed by atoms with Crippen LogP contribution in [-0.2, 0) is 16.0 Å². The van der Waals surface area contributed by atoms with Crippen molar-refractivity contribution in [2.45, 2.75) is 63.6 Å². The van der Waals surface area contributed by atoms with Crippen molar-refractivity contribution in [1.82, 2.24) is 16.0 Å². The van der Waals surface area contributed by atoms with Crippen molar-refractivity contribution in [3.05, 3.63) is 35.9 Å². The molecule has 1 aliphatic heterocycles. The molecule has 4 amide bonds. The first-order chi connectivity index (χ1) is 12.5. The molecule has 0 radical (unpaired) electrons. The second-order valence-corrected chi connectivity index (χ2v) is 6.82. The van der Waals surface area contributed by atoms with Gasteiger partial charge in [-0.05, 0) is 25.3 Å². The van der Waals surface area contributed by atoms with Gasteiger partial charge in [-0.15, -0.1) is 0 Å². The minimum Gasteiger partial charge on any atom is -0.368 e. The van der Waals surface area contributed by atoms with Crippen molar-refractivity contribution in [1.29, 1.82) is 0 Å². The number of hydrogen-bond acceptors (Lipinski definition) is 3. The first-order valence-corrected chi connectivity index (χ1v) is 9.15. The van der Waals surface area contributed by atoms with E-state index in [0.29, 0.717) is 12.8 Å². The Balaban J connectivity index is 1.65. The summed E-state index contributed by atoms with van der Waals surface area (Å²) in [5.41, 5.74) is 6.37. The Morgan fingerprint density at radius 2 is 1.88 bits per heavy atom. The summed E-state index contributed by atoms with van der Waals surface area (Å²) < 4.78 is 0. The Hall–Kier alpha value is -2.57. The molecule has 7 nitrogen and oxygen atoms in total. The summed E-state index contributed by atoms with van der Waals surface area (Å²) in [7, 11) is 0. The van der Waals surface area contributed by atoms with Gasteiger partial charge in [-0.25, -0.2) is 4.79 Å². The molecule has 0 bridgehead atoms. The van der Waals surface area contributed by atoms with Gasteiger partial charge < -0.3 is 21.7 Å². The Kier molecular flexibility index (Phi) is 7.44. The van der Waals surface area contributed by atoms with E-state index in [1.807, 2.05) is 37.3 Å². The van der Waals surface area contributed by atoms with Gasteiger partial charge in [0.1, 0.15) is 6.04 Å². The predicted octanol–water partition coefficient (Wildman–Crippen LogP) is 1.22. The molecule has 0 unspecified atom stereocenters. The predicted molar refractivity (Wildman–Crippen MR) is 99.3 cm³/mol. The van der Waals surface area contributed by atoms with Gasteiger partial charge in [-0.1, -0.05) is 43.2 Å². The molecule has 7 heteroatoms. The molecule has 2 rings (SSSR count). The first-order valence-electron chi connectivity index (χ1n) is 9.15. The summed E-state index contributed by atoms with van der Waals surface area (Å²) in [6.45, 7) is 1.98. The lowest BCUT2D eigenvalue weighted by atomic mass is 10.0. The molecular formula is C19H28N4O3. The van der Waals surface area contributed by atoms with Crippen molar-refractivity contribution < 1.29 is 14.4 Å². The molecule has 0 saturated carbocycles. The van der Waals surface area contributed by atoms with Gasteiger partial charge in [0.15, 0.2) is 0 Å². The van der Waals surface area contributed by atoms with E-state index in [0.717, 1.165) is 31.2 Å². The highest BCUT2D eigenvalue weighted by Gasteiger charge is 2.26. The van der Waals surface area contributed by atoms with E-state index < -0.39 is 11.9 Å². The van der Waals surface area contributed by atoms with Gasteiger partial charge in [-0.3, -0.25) is 9.59 Å². The van der Waals surface area contributed by atoms with Crippen LogP contribution in [0.1, 0.15) is 44.6 Å². The molecule has 1 aromatic rings. The van der Waals surface area contributed by atoms with E-state index in [2.05, 4.69) is 16.0 Å². The quantitative estimate of drug-likeness (QED) is 0.470. The van der Waals surface area contributed by atoms with Crippen molar-refractivity contribution in [3.63, 3.8) is 0 Å². The van der Waals surface area contributed by atoms with Crippen LogP contribution in [0.15, 0.2) is 30.3 Å². The zero-order chi connectivity index (χ0) is 18.9. The lowest BCUT2D eigenvalue weighted by molar-refractivity contribution is -0.127. The van der Waals surface area contributed by atoms with Crippen LogP contribution in [0, 0.1) is 0 Å². The molecule has 1 fully saturated rings. The van der Waals surface area contributed by atoms with Crippen LogP contribution in [-0.4, -0.2) is 36.0 Å². The summed E-state index contributed by atoms with van der Waals surface area (Å²) in [4.78, 5) is 34.9. The van der Waals surface area contributed by atoms with Gasteiger partial charge in [0.2, 0.25) is 11.8 Å². The molecule has 1 aromatic carbocycles. The number of hydrogen-bond donors (Lipinski definition) is 4. The highest BCUT2D eigenvalue weighted by molar-refractivity contribution is 5.86. The summed E-state index contributed by atoms with van der Waals surface area (Å²) in [6, 6.07) is 8.97. The van der Waals surface area contributed by atoms with E-state index in [1.165, 1.54) is 0 Å². The molecule has 5 N–H and O–H groups in total. The maximum Gasteiger partial charge on any atom is 0.315 e. The van der Waals surface area contributed by atoms with Crippen LogP contribution in [0.2, 0.25) is 0 Å². The maximum atomic E-state index is 12.1. The second-order valence-electron chi connectivity index (χ2n) is 6.82. The number of unbranched alkanes of at least 4 members (excludes halogenated alkanes) is 2. The first kappa shape index (κ1) is 19.8. The number of carbonyl (C=O) groups excluding carboxylic acids is 3. The third-order valence-electron chi connectivity index (χ3n) is 4.66. The molecule has 26 heavy (non-hydrogen) atoms. The second kappa shape index (κ2) is 9.79. The largest absolute Gasteiger partial charge is 0.368 e. The van der Waals surface area contributed by atoms with Gasteiger partial charge in [0.05, 0.1) is 6.04 Å². The van der Waals surface area contributed by atoms with E-state index in [1.54, 1.807) is 0 Å². The zero-order valence-corrected chi connectivity index (χ0v) is 15.2. The number of amides is 4. The number of carbonyl (C=O) groups is 3. The van der Waals surface area contributed by atoms with E-state index in [4.69, 9.17) is 5.73 Å². The van der Waals surface area contributed by atoms with Crippen LogP contribution in [0.3, 0.4) is 0 Å². The fourth-order valence-corrected chi connectivity index (χ4v) is 3.13. The lowest BCUT2D eigenvalue weighted by Crippen LogP contribution is -2.45. The lowest BCUT2D eigenvalue weighted by Gasteiger charge is -2.16. The Labute approximate surface area is 154 Å². The van der Waals surface area contributed by atoms with E-state index in [-0.39, 0.29) is 24.0 Å². The van der Waals surface area contributed by atoms with Crippen LogP contribution < -0.4 is 21.7 Å². The number of nitrogens with one attached hydrogen (secondary N) is 3. The number of nitrogens with two attached hydrogens (primary N) is 1. The average molecular weight is 360 g/mol. The van der Waals surface area contributed by atoms with Crippen LogP contribution in [0.25, 0.3) is 0 Å². The Morgan fingerprint density at radius 3 is 2.50 bits per heavy atom. The highest BCUT2D eigenvalue weighted by atomic mass is 16.2. The van der Waals surface area contributed by atoms with E-state index >= 15 is 0 Å². The van der Waals surface area contributed by atoms with Gasteiger partial charge in [0.25, 0.3) is 0 Å². The smallest absolute Gasteiger partial charge is 0.315 e. The van der Waals surface area contributed by atoms with Crippen molar-refractivity contribution in [2.24, 2.45) is 5.73 Å². The Morgan fingerprint density at radius 1 is 1.15 bits per heavy atom. The van der Waals surface area contributed by atoms with Crippen LogP contribution >= 0.6 is 0 Å². The Bertz CT molecular complexity index is 620. The molecule has 1 saturated heterocycles. The van der Waals surface area contributed by atoms with Crippen molar-refractivity contribution >= 4 is 17.8 Å². The number of primary amides is 1. The molecule has 0 aromatic heterocycles. The standard InChI is InChI=1S/C19H28N4O3/c1-13-15(23-19(26)21-13)10-6-3-7-11-17(24)22-16(18(20)25)12-14-8-4-2-5-9-14/h2,4-5,8-9,13,15-16H,3,6-7,10-12H2,1H3,(H2,20,25)(H,22,24)(H2,21,23,26)/t13-,15+,16-/m0/s1. The third kappa shape index (κ3) is 6.38. The molecular weight excluding hydrogens is 332 g/mol. The van der Waals surface area contributed by atoms with Crippen LogP contribution in [0.5, 0.6) is 0 Å². The molecule has 1 aliphatic rings. The topological polar surface area (TPSA) is 113 Å². The average Bonchev–Trinajstić information content (AvgIpc) is 2.92. The molecule has 3 atom stereocenters. The number of rotatable bonds is 10. The van der Waals surface area contributed by atoms with Crippen molar-refractivity contribution in [3.8, 4) is 0 Å². The minimum absolute atomic E-state index is 0.113. The number of urea groups is 1.